The summed E-state index contributed by atoms with van der Waals surface area (Å²) in [4.78, 5) is 35.3. The summed E-state index contributed by atoms with van der Waals surface area (Å²) in [6.45, 7) is 4.29. The number of hydrogen-bond acceptors (Lipinski definition) is 7. The summed E-state index contributed by atoms with van der Waals surface area (Å²) in [5.74, 6) is 0.991. The summed E-state index contributed by atoms with van der Waals surface area (Å²) in [5.41, 5.74) is 1.65. The van der Waals surface area contributed by atoms with Crippen LogP contribution in [0.2, 0.25) is 0 Å². The maximum atomic E-state index is 13.6. The second-order valence-corrected chi connectivity index (χ2v) is 9.89. The van der Waals surface area contributed by atoms with Crippen LogP contribution in [0.4, 0.5) is 5.69 Å². The van der Waals surface area contributed by atoms with Gasteiger partial charge in [0.1, 0.15) is 17.4 Å². The summed E-state index contributed by atoms with van der Waals surface area (Å²) in [7, 11) is 1.54. The molecule has 0 spiro atoms. The van der Waals surface area contributed by atoms with Gasteiger partial charge in [-0.25, -0.2) is 4.98 Å². The molecular formula is C25H32N8O3. The third-order valence-electron chi connectivity index (χ3n) is 6.82. The highest BCUT2D eigenvalue weighted by atomic mass is 16.5. The highest BCUT2D eigenvalue weighted by Crippen LogP contribution is 2.50. The van der Waals surface area contributed by atoms with Crippen molar-refractivity contribution in [2.75, 3.05) is 12.4 Å². The summed E-state index contributed by atoms with van der Waals surface area (Å²) >= 11 is 0. The molecule has 36 heavy (non-hydrogen) atoms. The molecular weight excluding hydrogens is 460 g/mol. The molecule has 1 atom stereocenters. The van der Waals surface area contributed by atoms with Crippen LogP contribution in [0.3, 0.4) is 0 Å². The van der Waals surface area contributed by atoms with E-state index < -0.39 is 6.04 Å². The number of nitrogens with zero attached hydrogens (tertiary/aromatic N) is 6. The molecule has 0 radical (unpaired) electrons. The third kappa shape index (κ3) is 5.24. The molecule has 0 bridgehead atoms. The Morgan fingerprint density at radius 2 is 1.81 bits per heavy atom. The standard InChI is InChI=1S/C25H32N8O3/c1-15(2)33-20(8-9-28-33)23(34)31-22(21(16-4-5-16)17-6-7-17)24(35)30-18-12-29-32(13-18)14-19-25(36-3)27-11-10-26-19/h8-13,15-17,21-22H,4-7,14H2,1-3H3,(H,30,35)(H,31,34). The van der Waals surface area contributed by atoms with Crippen LogP contribution in [0.1, 0.15) is 61.8 Å². The Hall–Kier alpha value is -3.76. The van der Waals surface area contributed by atoms with Crippen molar-refractivity contribution in [1.82, 2.24) is 34.8 Å². The molecule has 11 nitrogen and oxygen atoms in total. The lowest BCUT2D eigenvalue weighted by molar-refractivity contribution is -0.119. The zero-order valence-electron chi connectivity index (χ0n) is 20.8. The molecule has 1 unspecified atom stereocenters. The molecule has 2 aliphatic rings. The van der Waals surface area contributed by atoms with Crippen molar-refractivity contribution in [3.63, 3.8) is 0 Å². The minimum atomic E-state index is -0.628. The minimum Gasteiger partial charge on any atom is -0.480 e. The van der Waals surface area contributed by atoms with E-state index in [9.17, 15) is 9.59 Å². The summed E-state index contributed by atoms with van der Waals surface area (Å²) in [6, 6.07) is 1.10. The molecule has 0 saturated heterocycles. The highest BCUT2D eigenvalue weighted by molar-refractivity contribution is 6.00. The van der Waals surface area contributed by atoms with Crippen LogP contribution < -0.4 is 15.4 Å². The Bertz CT molecular complexity index is 1220. The van der Waals surface area contributed by atoms with Gasteiger partial charge in [-0.15, -0.1) is 0 Å². The van der Waals surface area contributed by atoms with Crippen LogP contribution in [0, 0.1) is 17.8 Å². The molecule has 2 saturated carbocycles. The maximum absolute atomic E-state index is 13.6. The maximum Gasteiger partial charge on any atom is 0.270 e. The number of nitrogens with one attached hydrogen (secondary N) is 2. The topological polar surface area (TPSA) is 129 Å². The monoisotopic (exact) mass is 492 g/mol. The predicted molar refractivity (Wildman–Crippen MR) is 131 cm³/mol. The molecule has 3 heterocycles. The number of anilines is 1. The van der Waals surface area contributed by atoms with Gasteiger partial charge in [0, 0.05) is 30.8 Å². The molecule has 0 aliphatic heterocycles. The van der Waals surface area contributed by atoms with E-state index in [2.05, 4.69) is 30.8 Å². The average molecular weight is 493 g/mol. The van der Waals surface area contributed by atoms with E-state index in [0.717, 1.165) is 25.7 Å². The van der Waals surface area contributed by atoms with E-state index in [1.54, 1.807) is 53.5 Å². The lowest BCUT2D eigenvalue weighted by atomic mass is 9.88. The van der Waals surface area contributed by atoms with Crippen molar-refractivity contribution in [2.24, 2.45) is 17.8 Å². The lowest BCUT2D eigenvalue weighted by Gasteiger charge is -2.27. The van der Waals surface area contributed by atoms with Gasteiger partial charge in [0.2, 0.25) is 11.8 Å². The minimum absolute atomic E-state index is 0.0365. The number of amides is 2. The first-order valence-corrected chi connectivity index (χ1v) is 12.5. The highest BCUT2D eigenvalue weighted by Gasteiger charge is 2.48. The van der Waals surface area contributed by atoms with Crippen LogP contribution in [0.25, 0.3) is 0 Å². The van der Waals surface area contributed by atoms with Gasteiger partial charge in [0.05, 0.1) is 25.5 Å². The van der Waals surface area contributed by atoms with Crippen LogP contribution in [0.5, 0.6) is 5.88 Å². The van der Waals surface area contributed by atoms with E-state index in [0.29, 0.717) is 41.3 Å². The van der Waals surface area contributed by atoms with Crippen molar-refractivity contribution in [2.45, 2.75) is 58.2 Å². The van der Waals surface area contributed by atoms with E-state index in [1.165, 1.54) is 0 Å². The molecule has 2 amide bonds. The Balaban J connectivity index is 1.32. The fourth-order valence-corrected chi connectivity index (χ4v) is 4.87. The van der Waals surface area contributed by atoms with Gasteiger partial charge in [-0.1, -0.05) is 0 Å². The molecule has 2 fully saturated rings. The van der Waals surface area contributed by atoms with E-state index >= 15 is 0 Å². The largest absolute Gasteiger partial charge is 0.480 e. The Morgan fingerprint density at radius 1 is 1.08 bits per heavy atom. The number of carbonyl (C=O) groups is 2. The van der Waals surface area contributed by atoms with Crippen LogP contribution in [-0.2, 0) is 11.3 Å². The fourth-order valence-electron chi connectivity index (χ4n) is 4.87. The Morgan fingerprint density at radius 3 is 2.47 bits per heavy atom. The van der Waals surface area contributed by atoms with Crippen molar-refractivity contribution < 1.29 is 14.3 Å². The molecule has 190 valence electrons. The van der Waals surface area contributed by atoms with Gasteiger partial charge in [-0.05, 0) is 63.4 Å². The van der Waals surface area contributed by atoms with Gasteiger partial charge >= 0.3 is 0 Å². The number of methoxy groups -OCH3 is 1. The van der Waals surface area contributed by atoms with Gasteiger partial charge < -0.3 is 15.4 Å². The SMILES string of the molecule is COc1nccnc1Cn1cc(NC(=O)C(NC(=O)c2ccnn2C(C)C)C(C2CC2)C2CC2)cn1. The normalized spacial score (nSPS) is 16.2. The number of carbonyl (C=O) groups excluding carboxylic acids is 2. The van der Waals surface area contributed by atoms with Crippen LogP contribution in [0.15, 0.2) is 37.1 Å². The van der Waals surface area contributed by atoms with Gasteiger partial charge in [0.25, 0.3) is 5.91 Å². The first kappa shape index (κ1) is 24.0. The molecule has 5 rings (SSSR count). The number of ether oxygens (including phenoxy) is 1. The van der Waals surface area contributed by atoms with Crippen LogP contribution in [-0.4, -0.2) is 54.5 Å². The molecule has 0 aromatic carbocycles. The molecule has 2 aliphatic carbocycles. The zero-order chi connectivity index (χ0) is 25.2. The van der Waals surface area contributed by atoms with Gasteiger partial charge in [0.15, 0.2) is 0 Å². The van der Waals surface area contributed by atoms with E-state index in [1.807, 2.05) is 13.8 Å². The van der Waals surface area contributed by atoms with Crippen LogP contribution >= 0.6 is 0 Å². The number of rotatable bonds is 11. The molecule has 3 aromatic heterocycles. The Labute approximate surface area is 209 Å². The van der Waals surface area contributed by atoms with E-state index in [-0.39, 0.29) is 23.8 Å². The first-order valence-electron chi connectivity index (χ1n) is 12.5. The molecule has 2 N–H and O–H groups in total. The van der Waals surface area contributed by atoms with Gasteiger partial charge in [-0.2, -0.15) is 10.2 Å². The smallest absolute Gasteiger partial charge is 0.270 e. The summed E-state index contributed by atoms with van der Waals surface area (Å²) in [6.07, 6.45) is 12.5. The molecule has 3 aromatic rings. The number of aromatic nitrogens is 6. The number of hydrogen-bond donors (Lipinski definition) is 2. The quantitative estimate of drug-likeness (QED) is 0.421. The van der Waals surface area contributed by atoms with Crippen molar-refractivity contribution in [3.05, 3.63) is 48.4 Å². The van der Waals surface area contributed by atoms with Crippen molar-refractivity contribution in [1.29, 1.82) is 0 Å². The third-order valence-corrected chi connectivity index (χ3v) is 6.82. The Kier molecular flexibility index (Phi) is 6.71. The van der Waals surface area contributed by atoms with Gasteiger partial charge in [-0.3, -0.25) is 23.9 Å². The predicted octanol–water partition coefficient (Wildman–Crippen LogP) is 2.68. The van der Waals surface area contributed by atoms with Crippen molar-refractivity contribution in [3.8, 4) is 5.88 Å². The second-order valence-electron chi connectivity index (χ2n) is 9.89. The van der Waals surface area contributed by atoms with Crippen molar-refractivity contribution >= 4 is 17.5 Å². The summed E-state index contributed by atoms with van der Waals surface area (Å²) in [5, 5.41) is 14.7. The lowest BCUT2D eigenvalue weighted by Crippen LogP contribution is -2.50. The van der Waals surface area contributed by atoms with E-state index in [4.69, 9.17) is 4.74 Å². The first-order chi connectivity index (χ1) is 17.4. The second kappa shape index (κ2) is 10.1. The molecule has 11 heteroatoms. The zero-order valence-corrected chi connectivity index (χ0v) is 20.8. The average Bonchev–Trinajstić information content (AvgIpc) is 3.79. The summed E-state index contributed by atoms with van der Waals surface area (Å²) < 4.78 is 8.60. The fraction of sp³-hybridized carbons (Fsp3) is 0.520.